The lowest BCUT2D eigenvalue weighted by molar-refractivity contribution is -0.117. The summed E-state index contributed by atoms with van der Waals surface area (Å²) in [6.45, 7) is 2.64. The Kier molecular flexibility index (Phi) is 3.55. The van der Waals surface area contributed by atoms with Crippen molar-refractivity contribution in [2.45, 2.75) is 32.7 Å². The van der Waals surface area contributed by atoms with Crippen molar-refractivity contribution in [2.24, 2.45) is 0 Å². The molecule has 1 aromatic heterocycles. The maximum atomic E-state index is 11.0. The van der Waals surface area contributed by atoms with Crippen LogP contribution >= 0.6 is 0 Å². The van der Waals surface area contributed by atoms with Gasteiger partial charge in [-0.2, -0.15) is 0 Å². The van der Waals surface area contributed by atoms with Crippen molar-refractivity contribution in [1.82, 2.24) is 4.57 Å². The lowest BCUT2D eigenvalue weighted by atomic mass is 10.2. The maximum Gasteiger partial charge on any atom is 0.129 e. The van der Waals surface area contributed by atoms with Crippen LogP contribution in [0.1, 0.15) is 26.2 Å². The van der Waals surface area contributed by atoms with Gasteiger partial charge >= 0.3 is 0 Å². The van der Waals surface area contributed by atoms with Gasteiger partial charge < -0.3 is 9.36 Å². The first-order valence-corrected chi connectivity index (χ1v) is 7.23. The van der Waals surface area contributed by atoms with Gasteiger partial charge in [0, 0.05) is 34.8 Å². The van der Waals surface area contributed by atoms with E-state index in [1.54, 1.807) is 6.92 Å². The van der Waals surface area contributed by atoms with Crippen LogP contribution in [-0.4, -0.2) is 10.4 Å². The quantitative estimate of drug-likeness (QED) is 0.620. The molecule has 0 unspecified atom stereocenters. The van der Waals surface area contributed by atoms with Gasteiger partial charge in [-0.3, -0.25) is 0 Å². The maximum absolute atomic E-state index is 11.0. The van der Waals surface area contributed by atoms with E-state index in [2.05, 4.69) is 53.1 Å². The average Bonchev–Trinajstić information content (AvgIpc) is 2.78. The number of aryl methyl sites for hydroxylation is 1. The fourth-order valence-corrected chi connectivity index (χ4v) is 2.89. The molecule has 0 spiro atoms. The highest BCUT2D eigenvalue weighted by atomic mass is 16.1. The van der Waals surface area contributed by atoms with Gasteiger partial charge in [0.2, 0.25) is 0 Å². The molecule has 0 aliphatic carbocycles. The lowest BCUT2D eigenvalue weighted by Crippen LogP contribution is -1.99. The normalized spacial score (nSPS) is 11.2. The summed E-state index contributed by atoms with van der Waals surface area (Å²) in [5.74, 6) is 0.284. The van der Waals surface area contributed by atoms with E-state index in [0.29, 0.717) is 6.42 Å². The van der Waals surface area contributed by atoms with Crippen LogP contribution in [-0.2, 0) is 11.3 Å². The monoisotopic (exact) mass is 265 g/mol. The van der Waals surface area contributed by atoms with E-state index in [-0.39, 0.29) is 5.78 Å². The molecule has 2 heteroatoms. The molecule has 2 nitrogen and oxygen atoms in total. The van der Waals surface area contributed by atoms with Crippen molar-refractivity contribution < 1.29 is 4.79 Å². The second-order valence-electron chi connectivity index (χ2n) is 5.35. The van der Waals surface area contributed by atoms with Crippen molar-refractivity contribution in [3.63, 3.8) is 0 Å². The summed E-state index contributed by atoms with van der Waals surface area (Å²) in [7, 11) is 0. The van der Waals surface area contributed by atoms with Gasteiger partial charge in [-0.05, 0) is 31.9 Å². The number of nitrogens with zero attached hydrogens (tertiary/aromatic N) is 1. The largest absolute Gasteiger partial charge is 0.340 e. The molecule has 2 aromatic carbocycles. The topological polar surface area (TPSA) is 22.0 Å². The van der Waals surface area contributed by atoms with E-state index < -0.39 is 0 Å². The molecule has 0 amide bonds. The Labute approximate surface area is 119 Å². The Morgan fingerprint density at radius 3 is 2.00 bits per heavy atom. The van der Waals surface area contributed by atoms with E-state index in [1.807, 2.05) is 0 Å². The number of para-hydroxylation sites is 2. The van der Waals surface area contributed by atoms with Gasteiger partial charge in [0.1, 0.15) is 5.78 Å². The number of carbonyl (C=O) groups is 1. The summed E-state index contributed by atoms with van der Waals surface area (Å²) >= 11 is 0. The molecule has 102 valence electrons. The van der Waals surface area contributed by atoms with Crippen LogP contribution in [0.4, 0.5) is 0 Å². The van der Waals surface area contributed by atoms with Crippen LogP contribution in [0.15, 0.2) is 48.5 Å². The zero-order valence-electron chi connectivity index (χ0n) is 11.8. The van der Waals surface area contributed by atoms with Gasteiger partial charge in [0.25, 0.3) is 0 Å². The summed E-state index contributed by atoms with van der Waals surface area (Å²) in [6, 6.07) is 17.1. The molecular weight excluding hydrogens is 246 g/mol. The molecule has 1 heterocycles. The molecule has 0 fully saturated rings. The minimum absolute atomic E-state index is 0.284. The average molecular weight is 265 g/mol. The molecule has 0 aliphatic heterocycles. The highest BCUT2D eigenvalue weighted by molar-refractivity contribution is 6.07. The van der Waals surface area contributed by atoms with Gasteiger partial charge in [0.05, 0.1) is 0 Å². The van der Waals surface area contributed by atoms with Gasteiger partial charge in [-0.15, -0.1) is 0 Å². The van der Waals surface area contributed by atoms with Gasteiger partial charge in [-0.1, -0.05) is 36.4 Å². The highest BCUT2D eigenvalue weighted by Crippen LogP contribution is 2.28. The van der Waals surface area contributed by atoms with Crippen molar-refractivity contribution in [2.75, 3.05) is 0 Å². The Hall–Kier alpha value is -2.09. The van der Waals surface area contributed by atoms with Crippen molar-refractivity contribution in [1.29, 1.82) is 0 Å². The number of aromatic nitrogens is 1. The third-order valence-electron chi connectivity index (χ3n) is 3.84. The van der Waals surface area contributed by atoms with E-state index in [9.17, 15) is 4.79 Å². The highest BCUT2D eigenvalue weighted by Gasteiger charge is 2.08. The zero-order valence-corrected chi connectivity index (χ0v) is 11.8. The zero-order chi connectivity index (χ0) is 13.9. The number of hydrogen-bond acceptors (Lipinski definition) is 1. The van der Waals surface area contributed by atoms with Crippen LogP contribution in [0, 0.1) is 0 Å². The van der Waals surface area contributed by atoms with E-state index in [4.69, 9.17) is 0 Å². The Morgan fingerprint density at radius 2 is 1.45 bits per heavy atom. The SMILES string of the molecule is CC(=O)CCCCn1c2ccccc2c2ccccc21. The molecule has 3 aromatic rings. The third kappa shape index (κ3) is 2.34. The number of ketones is 1. The number of carbonyl (C=O) groups excluding carboxylic acids is 1. The van der Waals surface area contributed by atoms with Crippen molar-refractivity contribution >= 4 is 27.6 Å². The number of fused-ring (bicyclic) bond motifs is 3. The molecule has 0 saturated carbocycles. The minimum atomic E-state index is 0.284. The summed E-state index contributed by atoms with van der Waals surface area (Å²) in [5.41, 5.74) is 2.58. The second kappa shape index (κ2) is 5.49. The Morgan fingerprint density at radius 1 is 0.900 bits per heavy atom. The number of benzene rings is 2. The number of rotatable bonds is 5. The molecular formula is C18H19NO. The van der Waals surface area contributed by atoms with Gasteiger partial charge in [-0.25, -0.2) is 0 Å². The Bertz CT molecular complexity index is 701. The number of unbranched alkanes of at least 4 members (excludes halogenated alkanes) is 1. The first-order valence-electron chi connectivity index (χ1n) is 7.23. The van der Waals surface area contributed by atoms with Crippen LogP contribution in [0.25, 0.3) is 21.8 Å². The molecule has 0 bridgehead atoms. The smallest absolute Gasteiger partial charge is 0.129 e. The lowest BCUT2D eigenvalue weighted by Gasteiger charge is -2.06. The Balaban J connectivity index is 1.97. The molecule has 0 saturated heterocycles. The van der Waals surface area contributed by atoms with Crippen molar-refractivity contribution in [3.05, 3.63) is 48.5 Å². The predicted octanol–water partition coefficient (Wildman–Crippen LogP) is 4.55. The van der Waals surface area contributed by atoms with Crippen LogP contribution in [0.3, 0.4) is 0 Å². The second-order valence-corrected chi connectivity index (χ2v) is 5.35. The molecule has 3 rings (SSSR count). The fourth-order valence-electron chi connectivity index (χ4n) is 2.89. The molecule has 0 atom stereocenters. The van der Waals surface area contributed by atoms with Crippen LogP contribution in [0.2, 0.25) is 0 Å². The first kappa shape index (κ1) is 12.9. The molecule has 0 N–H and O–H groups in total. The van der Waals surface area contributed by atoms with E-state index in [0.717, 1.165) is 19.4 Å². The number of hydrogen-bond donors (Lipinski definition) is 0. The standard InChI is InChI=1S/C18H19NO/c1-14(20)8-6-7-13-19-17-11-4-2-9-15(17)16-10-3-5-12-18(16)19/h2-5,9-12H,6-8,13H2,1H3. The predicted molar refractivity (Wildman–Crippen MR) is 84.0 cm³/mol. The van der Waals surface area contributed by atoms with Gasteiger partial charge in [0.15, 0.2) is 0 Å². The van der Waals surface area contributed by atoms with E-state index in [1.165, 1.54) is 21.8 Å². The first-order chi connectivity index (χ1) is 9.77. The summed E-state index contributed by atoms with van der Waals surface area (Å²) in [5, 5.41) is 2.63. The van der Waals surface area contributed by atoms with E-state index >= 15 is 0 Å². The summed E-state index contributed by atoms with van der Waals surface area (Å²) in [6.07, 6.45) is 2.70. The summed E-state index contributed by atoms with van der Waals surface area (Å²) in [4.78, 5) is 11.0. The minimum Gasteiger partial charge on any atom is -0.340 e. The molecule has 0 aliphatic rings. The van der Waals surface area contributed by atoms with Crippen molar-refractivity contribution in [3.8, 4) is 0 Å². The fraction of sp³-hybridized carbons (Fsp3) is 0.278. The third-order valence-corrected chi connectivity index (χ3v) is 3.84. The van der Waals surface area contributed by atoms with Crippen LogP contribution in [0.5, 0.6) is 0 Å². The van der Waals surface area contributed by atoms with Crippen LogP contribution < -0.4 is 0 Å². The summed E-state index contributed by atoms with van der Waals surface area (Å²) < 4.78 is 2.38. The number of Topliss-reactive ketones (excluding diaryl/α,β-unsaturated/α-hetero) is 1. The molecule has 20 heavy (non-hydrogen) atoms. The molecule has 0 radical (unpaired) electrons.